The second-order valence-electron chi connectivity index (χ2n) is 9.58. The lowest BCUT2D eigenvalue weighted by molar-refractivity contribution is -0.141. The summed E-state index contributed by atoms with van der Waals surface area (Å²) < 4.78 is 11.2. The van der Waals surface area contributed by atoms with Crippen LogP contribution in [-0.2, 0) is 14.3 Å². The van der Waals surface area contributed by atoms with Crippen molar-refractivity contribution in [3.63, 3.8) is 0 Å². The third-order valence-corrected chi connectivity index (χ3v) is 6.51. The van der Waals surface area contributed by atoms with E-state index in [1.54, 1.807) is 41.6 Å². The zero-order chi connectivity index (χ0) is 24.9. The number of carbonyl (C=O) groups excluding carboxylic acids is 3. The molecule has 3 heterocycles. The highest BCUT2D eigenvalue weighted by atomic mass is 16.5. The molecule has 2 aliphatic heterocycles. The number of hydrogen-bond acceptors (Lipinski definition) is 7. The lowest BCUT2D eigenvalue weighted by Gasteiger charge is -2.31. The molecule has 0 bridgehead atoms. The molecular formula is C27H33N3O5. The van der Waals surface area contributed by atoms with Gasteiger partial charge >= 0.3 is 0 Å². The van der Waals surface area contributed by atoms with E-state index in [0.29, 0.717) is 55.7 Å². The number of nitrogens with zero attached hydrogens (tertiary/aromatic N) is 3. The molecule has 2 atom stereocenters. The number of amides is 1. The van der Waals surface area contributed by atoms with Crippen LogP contribution in [0.25, 0.3) is 0 Å². The van der Waals surface area contributed by atoms with Crippen LogP contribution < -0.4 is 4.74 Å². The summed E-state index contributed by atoms with van der Waals surface area (Å²) in [6.45, 7) is 10.4. The predicted octanol–water partition coefficient (Wildman–Crippen LogP) is 2.71. The summed E-state index contributed by atoms with van der Waals surface area (Å²) in [4.78, 5) is 47.9. The summed E-state index contributed by atoms with van der Waals surface area (Å²) in [6.07, 6.45) is 3.27. The van der Waals surface area contributed by atoms with E-state index >= 15 is 0 Å². The third-order valence-electron chi connectivity index (χ3n) is 6.51. The average Bonchev–Trinajstić information content (AvgIpc) is 3.12. The van der Waals surface area contributed by atoms with Crippen LogP contribution in [0.15, 0.2) is 42.7 Å². The van der Waals surface area contributed by atoms with Gasteiger partial charge in [0.2, 0.25) is 5.78 Å². The number of aromatic nitrogens is 1. The Kier molecular flexibility index (Phi) is 7.93. The van der Waals surface area contributed by atoms with Gasteiger partial charge < -0.3 is 14.4 Å². The first kappa shape index (κ1) is 25.0. The van der Waals surface area contributed by atoms with Crippen molar-refractivity contribution in [1.29, 1.82) is 0 Å². The van der Waals surface area contributed by atoms with Gasteiger partial charge in [-0.05, 0) is 48.2 Å². The second kappa shape index (κ2) is 11.1. The van der Waals surface area contributed by atoms with Crippen LogP contribution in [-0.4, -0.2) is 78.3 Å². The summed E-state index contributed by atoms with van der Waals surface area (Å²) in [5.41, 5.74) is 1.89. The highest BCUT2D eigenvalue weighted by Crippen LogP contribution is 2.38. The maximum Gasteiger partial charge on any atom is 0.291 e. The first-order valence-corrected chi connectivity index (χ1v) is 12.2. The first-order valence-electron chi connectivity index (χ1n) is 12.2. The summed E-state index contributed by atoms with van der Waals surface area (Å²) in [5.74, 6) is -1.66. The quantitative estimate of drug-likeness (QED) is 0.310. The lowest BCUT2D eigenvalue weighted by atomic mass is 9.86. The average molecular weight is 480 g/mol. The second-order valence-corrected chi connectivity index (χ2v) is 9.58. The van der Waals surface area contributed by atoms with E-state index in [9.17, 15) is 14.4 Å². The Balaban J connectivity index is 1.60. The Labute approximate surface area is 206 Å². The smallest absolute Gasteiger partial charge is 0.291 e. The number of morpholine rings is 1. The van der Waals surface area contributed by atoms with E-state index in [2.05, 4.69) is 23.7 Å². The van der Waals surface area contributed by atoms with Crippen molar-refractivity contribution in [3.05, 3.63) is 59.4 Å². The normalized spacial score (nSPS) is 21.1. The standard InChI is InChI=1S/C27H33N3O5/c1-18(2)17-35-22-7-6-20(15-19(22)3)25(31)23-24(21-5-4-8-28-16-21)30(27(33)26(23)32)10-9-29-11-13-34-14-12-29/h4-8,15-16,18,23-24H,9-14,17H2,1-3H3. The largest absolute Gasteiger partial charge is 0.493 e. The molecule has 2 aromatic rings. The van der Waals surface area contributed by atoms with Crippen molar-refractivity contribution in [1.82, 2.24) is 14.8 Å². The van der Waals surface area contributed by atoms with Crippen molar-refractivity contribution in [2.45, 2.75) is 26.8 Å². The van der Waals surface area contributed by atoms with E-state index in [4.69, 9.17) is 9.47 Å². The maximum absolute atomic E-state index is 13.7. The first-order chi connectivity index (χ1) is 16.9. The van der Waals surface area contributed by atoms with Crippen molar-refractivity contribution in [2.75, 3.05) is 46.0 Å². The molecular weight excluding hydrogens is 446 g/mol. The van der Waals surface area contributed by atoms with E-state index in [1.807, 2.05) is 13.0 Å². The molecule has 186 valence electrons. The molecule has 0 N–H and O–H groups in total. The number of pyridine rings is 1. The summed E-state index contributed by atoms with van der Waals surface area (Å²) in [6, 6.07) is 8.08. The van der Waals surface area contributed by atoms with Crippen molar-refractivity contribution < 1.29 is 23.9 Å². The number of carbonyl (C=O) groups is 3. The highest BCUT2D eigenvalue weighted by Gasteiger charge is 2.51. The molecule has 8 nitrogen and oxygen atoms in total. The van der Waals surface area contributed by atoms with E-state index < -0.39 is 23.7 Å². The molecule has 1 amide bonds. The van der Waals surface area contributed by atoms with Crippen molar-refractivity contribution in [2.24, 2.45) is 11.8 Å². The number of ketones is 2. The maximum atomic E-state index is 13.7. The van der Waals surface area contributed by atoms with Crippen molar-refractivity contribution >= 4 is 17.5 Å². The molecule has 2 fully saturated rings. The molecule has 1 aromatic heterocycles. The Morgan fingerprint density at radius 1 is 1.17 bits per heavy atom. The zero-order valence-corrected chi connectivity index (χ0v) is 20.6. The molecule has 0 aliphatic carbocycles. The minimum absolute atomic E-state index is 0.356. The number of Topliss-reactive ketones (excluding diaryl/α,β-unsaturated/α-hetero) is 2. The van der Waals surface area contributed by atoms with Gasteiger partial charge in [-0.15, -0.1) is 0 Å². The van der Waals surface area contributed by atoms with Gasteiger partial charge in [0.05, 0.1) is 25.9 Å². The van der Waals surface area contributed by atoms with E-state index in [-0.39, 0.29) is 5.78 Å². The van der Waals surface area contributed by atoms with Gasteiger partial charge in [-0.3, -0.25) is 24.3 Å². The molecule has 35 heavy (non-hydrogen) atoms. The van der Waals surface area contributed by atoms with Crippen LogP contribution in [0.4, 0.5) is 0 Å². The fourth-order valence-electron chi connectivity index (χ4n) is 4.63. The zero-order valence-electron chi connectivity index (χ0n) is 20.6. The number of hydrogen-bond donors (Lipinski definition) is 0. The fourth-order valence-corrected chi connectivity index (χ4v) is 4.63. The Morgan fingerprint density at radius 2 is 1.94 bits per heavy atom. The van der Waals surface area contributed by atoms with Gasteiger partial charge in [0.15, 0.2) is 5.78 Å². The molecule has 0 spiro atoms. The molecule has 2 unspecified atom stereocenters. The summed E-state index contributed by atoms with van der Waals surface area (Å²) in [5, 5.41) is 0. The molecule has 2 saturated heterocycles. The molecule has 1 aromatic carbocycles. The summed E-state index contributed by atoms with van der Waals surface area (Å²) >= 11 is 0. The molecule has 8 heteroatoms. The number of ether oxygens (including phenoxy) is 2. The summed E-state index contributed by atoms with van der Waals surface area (Å²) in [7, 11) is 0. The molecule has 0 radical (unpaired) electrons. The number of benzene rings is 1. The van der Waals surface area contributed by atoms with Gasteiger partial charge in [-0.2, -0.15) is 0 Å². The minimum Gasteiger partial charge on any atom is -0.493 e. The van der Waals surface area contributed by atoms with Crippen LogP contribution in [0.5, 0.6) is 5.75 Å². The molecule has 4 rings (SSSR count). The third kappa shape index (κ3) is 5.60. The fraction of sp³-hybridized carbons (Fsp3) is 0.481. The van der Waals surface area contributed by atoms with Gasteiger partial charge in [-0.25, -0.2) is 0 Å². The Morgan fingerprint density at radius 3 is 2.60 bits per heavy atom. The lowest BCUT2D eigenvalue weighted by Crippen LogP contribution is -2.42. The number of aryl methyl sites for hydroxylation is 1. The molecule has 2 aliphatic rings. The van der Waals surface area contributed by atoms with Crippen LogP contribution in [0, 0.1) is 18.8 Å². The topological polar surface area (TPSA) is 89.0 Å². The highest BCUT2D eigenvalue weighted by molar-refractivity contribution is 6.44. The van der Waals surface area contributed by atoms with Crippen LogP contribution >= 0.6 is 0 Å². The van der Waals surface area contributed by atoms with E-state index in [0.717, 1.165) is 18.7 Å². The number of rotatable bonds is 9. The van der Waals surface area contributed by atoms with Gasteiger partial charge in [0.25, 0.3) is 5.91 Å². The Bertz CT molecular complexity index is 1070. The van der Waals surface area contributed by atoms with Crippen LogP contribution in [0.2, 0.25) is 0 Å². The van der Waals surface area contributed by atoms with Crippen LogP contribution in [0.3, 0.4) is 0 Å². The predicted molar refractivity (Wildman–Crippen MR) is 130 cm³/mol. The van der Waals surface area contributed by atoms with Gasteiger partial charge in [0.1, 0.15) is 11.7 Å². The van der Waals surface area contributed by atoms with Crippen molar-refractivity contribution in [3.8, 4) is 5.75 Å². The number of likely N-dealkylation sites (tertiary alicyclic amines) is 1. The molecule has 0 saturated carbocycles. The van der Waals surface area contributed by atoms with Gasteiger partial charge in [0, 0.05) is 44.1 Å². The SMILES string of the molecule is Cc1cc(C(=O)C2C(=O)C(=O)N(CCN3CCOCC3)C2c2cccnc2)ccc1OCC(C)C. The minimum atomic E-state index is -1.11. The van der Waals surface area contributed by atoms with Gasteiger partial charge in [-0.1, -0.05) is 19.9 Å². The Hall–Kier alpha value is -3.10. The van der Waals surface area contributed by atoms with E-state index in [1.165, 1.54) is 0 Å². The monoisotopic (exact) mass is 479 g/mol. The van der Waals surface area contributed by atoms with Crippen LogP contribution in [0.1, 0.15) is 41.4 Å².